The minimum absolute atomic E-state index is 0.0152. The summed E-state index contributed by atoms with van der Waals surface area (Å²) in [5, 5.41) is 9.65. The Morgan fingerprint density at radius 3 is 2.90 bits per heavy atom. The molecule has 1 aromatic heterocycles. The largest absolute Gasteiger partial charge is 0.352 e. The van der Waals surface area contributed by atoms with Gasteiger partial charge in [0.2, 0.25) is 11.8 Å². The average Bonchev–Trinajstić information content (AvgIpc) is 3.07. The fourth-order valence-electron chi connectivity index (χ4n) is 2.18. The van der Waals surface area contributed by atoms with E-state index in [0.29, 0.717) is 5.89 Å². The van der Waals surface area contributed by atoms with E-state index in [-0.39, 0.29) is 30.4 Å². The molecule has 1 saturated heterocycles. The normalized spacial score (nSPS) is 18.0. The molecule has 2 N–H and O–H groups in total. The SMILES string of the molecule is CC(C)NC(=O)CN(C)C(=O)c1noc(C2CCCN2)n1. The van der Waals surface area contributed by atoms with Crippen LogP contribution in [0.25, 0.3) is 0 Å². The summed E-state index contributed by atoms with van der Waals surface area (Å²) in [7, 11) is 1.53. The predicted molar refractivity (Wildman–Crippen MR) is 74.5 cm³/mol. The number of carbonyl (C=O) groups excluding carboxylic acids is 2. The number of nitrogens with zero attached hydrogens (tertiary/aromatic N) is 3. The Kier molecular flexibility index (Phi) is 4.89. The first-order valence-corrected chi connectivity index (χ1v) is 7.09. The minimum atomic E-state index is -0.429. The van der Waals surface area contributed by atoms with Gasteiger partial charge in [0.25, 0.3) is 11.7 Å². The molecule has 1 unspecified atom stereocenters. The molecule has 0 aromatic carbocycles. The molecule has 0 spiro atoms. The maximum Gasteiger partial charge on any atom is 0.295 e. The number of hydrogen-bond acceptors (Lipinski definition) is 6. The minimum Gasteiger partial charge on any atom is -0.352 e. The van der Waals surface area contributed by atoms with Crippen LogP contribution in [-0.4, -0.2) is 53.0 Å². The lowest BCUT2D eigenvalue weighted by Gasteiger charge is -2.15. The lowest BCUT2D eigenvalue weighted by atomic mass is 10.2. The number of amides is 2. The van der Waals surface area contributed by atoms with Crippen molar-refractivity contribution in [3.8, 4) is 0 Å². The zero-order chi connectivity index (χ0) is 15.4. The second-order valence-corrected chi connectivity index (χ2v) is 5.49. The molecule has 0 bridgehead atoms. The van der Waals surface area contributed by atoms with Crippen LogP contribution in [0.3, 0.4) is 0 Å². The van der Waals surface area contributed by atoms with Gasteiger partial charge in [-0.05, 0) is 33.2 Å². The van der Waals surface area contributed by atoms with E-state index in [1.165, 1.54) is 11.9 Å². The summed E-state index contributed by atoms with van der Waals surface area (Å²) in [5.41, 5.74) is 0. The van der Waals surface area contributed by atoms with E-state index in [4.69, 9.17) is 4.52 Å². The summed E-state index contributed by atoms with van der Waals surface area (Å²) in [6.45, 7) is 4.59. The Hall–Kier alpha value is -1.96. The molecule has 1 fully saturated rings. The van der Waals surface area contributed by atoms with Crippen LogP contribution in [0.5, 0.6) is 0 Å². The van der Waals surface area contributed by atoms with E-state index in [1.54, 1.807) is 0 Å². The third kappa shape index (κ3) is 4.01. The summed E-state index contributed by atoms with van der Waals surface area (Å²) in [4.78, 5) is 29.2. The van der Waals surface area contributed by atoms with Gasteiger partial charge in [0, 0.05) is 13.1 Å². The Labute approximate surface area is 123 Å². The van der Waals surface area contributed by atoms with Crippen molar-refractivity contribution in [2.75, 3.05) is 20.1 Å². The van der Waals surface area contributed by atoms with Crippen molar-refractivity contribution in [2.45, 2.75) is 38.8 Å². The first-order valence-electron chi connectivity index (χ1n) is 7.09. The first-order chi connectivity index (χ1) is 9.97. The van der Waals surface area contributed by atoms with Crippen LogP contribution in [0.2, 0.25) is 0 Å². The van der Waals surface area contributed by atoms with Gasteiger partial charge in [0.1, 0.15) is 0 Å². The highest BCUT2D eigenvalue weighted by atomic mass is 16.5. The van der Waals surface area contributed by atoms with Gasteiger partial charge in [-0.1, -0.05) is 5.16 Å². The number of nitrogens with one attached hydrogen (secondary N) is 2. The molecule has 1 aromatic rings. The zero-order valence-electron chi connectivity index (χ0n) is 12.5. The van der Waals surface area contributed by atoms with E-state index in [2.05, 4.69) is 20.8 Å². The number of aromatic nitrogens is 2. The number of carbonyl (C=O) groups is 2. The van der Waals surface area contributed by atoms with Crippen molar-refractivity contribution < 1.29 is 14.1 Å². The van der Waals surface area contributed by atoms with E-state index in [0.717, 1.165) is 19.4 Å². The van der Waals surface area contributed by atoms with Crippen LogP contribution in [0.15, 0.2) is 4.52 Å². The maximum absolute atomic E-state index is 12.1. The van der Waals surface area contributed by atoms with Crippen molar-refractivity contribution in [3.05, 3.63) is 11.7 Å². The molecule has 0 aliphatic carbocycles. The molecule has 0 saturated carbocycles. The second-order valence-electron chi connectivity index (χ2n) is 5.49. The van der Waals surface area contributed by atoms with Gasteiger partial charge >= 0.3 is 0 Å². The topological polar surface area (TPSA) is 100 Å². The Bertz CT molecular complexity index is 508. The maximum atomic E-state index is 12.1. The van der Waals surface area contributed by atoms with Gasteiger partial charge in [-0.15, -0.1) is 0 Å². The van der Waals surface area contributed by atoms with Crippen LogP contribution in [0.4, 0.5) is 0 Å². The Morgan fingerprint density at radius 2 is 2.29 bits per heavy atom. The molecule has 2 rings (SSSR count). The highest BCUT2D eigenvalue weighted by molar-refractivity contribution is 5.93. The molecule has 116 valence electrons. The second kappa shape index (κ2) is 6.66. The van der Waals surface area contributed by atoms with E-state index < -0.39 is 5.91 Å². The van der Waals surface area contributed by atoms with Crippen molar-refractivity contribution >= 4 is 11.8 Å². The van der Waals surface area contributed by atoms with Crippen molar-refractivity contribution in [3.63, 3.8) is 0 Å². The lowest BCUT2D eigenvalue weighted by Crippen LogP contribution is -2.41. The standard InChI is InChI=1S/C13H21N5O3/c1-8(2)15-10(19)7-18(3)13(20)11-16-12(21-17-11)9-5-4-6-14-9/h8-9,14H,4-7H2,1-3H3,(H,15,19). The van der Waals surface area contributed by atoms with Crippen LogP contribution >= 0.6 is 0 Å². The zero-order valence-corrected chi connectivity index (χ0v) is 12.5. The van der Waals surface area contributed by atoms with Crippen LogP contribution in [0, 0.1) is 0 Å². The molecule has 1 atom stereocenters. The molecule has 2 amide bonds. The molecule has 0 radical (unpaired) electrons. The fraction of sp³-hybridized carbons (Fsp3) is 0.692. The van der Waals surface area contributed by atoms with E-state index in [9.17, 15) is 9.59 Å². The fourth-order valence-corrected chi connectivity index (χ4v) is 2.18. The Balaban J connectivity index is 1.94. The van der Waals surface area contributed by atoms with Crippen LogP contribution in [0.1, 0.15) is 49.2 Å². The highest BCUT2D eigenvalue weighted by Gasteiger charge is 2.26. The monoisotopic (exact) mass is 295 g/mol. The summed E-state index contributed by atoms with van der Waals surface area (Å²) in [6.07, 6.45) is 1.97. The molecule has 1 aliphatic rings. The van der Waals surface area contributed by atoms with Gasteiger partial charge < -0.3 is 20.1 Å². The van der Waals surface area contributed by atoms with Crippen molar-refractivity contribution in [2.24, 2.45) is 0 Å². The van der Waals surface area contributed by atoms with Crippen LogP contribution < -0.4 is 10.6 Å². The number of rotatable bonds is 5. The molecular weight excluding hydrogens is 274 g/mol. The van der Waals surface area contributed by atoms with E-state index >= 15 is 0 Å². The molecule has 21 heavy (non-hydrogen) atoms. The Morgan fingerprint density at radius 1 is 1.52 bits per heavy atom. The third-order valence-corrected chi connectivity index (χ3v) is 3.17. The summed E-state index contributed by atoms with van der Waals surface area (Å²) in [5.74, 6) is -0.238. The van der Waals surface area contributed by atoms with Gasteiger partial charge in [-0.3, -0.25) is 9.59 Å². The van der Waals surface area contributed by atoms with Crippen molar-refractivity contribution in [1.29, 1.82) is 0 Å². The first kappa shape index (κ1) is 15.4. The van der Waals surface area contributed by atoms with Gasteiger partial charge in [0.15, 0.2) is 0 Å². The smallest absolute Gasteiger partial charge is 0.295 e. The molecule has 8 heteroatoms. The quantitative estimate of drug-likeness (QED) is 0.798. The predicted octanol–water partition coefficient (Wildman–Crippen LogP) is 0.0907. The summed E-state index contributed by atoms with van der Waals surface area (Å²) in [6, 6.07) is 0.0554. The molecule has 8 nitrogen and oxygen atoms in total. The van der Waals surface area contributed by atoms with Gasteiger partial charge in [-0.2, -0.15) is 4.98 Å². The lowest BCUT2D eigenvalue weighted by molar-refractivity contribution is -0.122. The van der Waals surface area contributed by atoms with Gasteiger partial charge in [0.05, 0.1) is 12.6 Å². The summed E-state index contributed by atoms with van der Waals surface area (Å²) < 4.78 is 5.12. The van der Waals surface area contributed by atoms with Crippen molar-refractivity contribution in [1.82, 2.24) is 25.7 Å². The molecular formula is C13H21N5O3. The third-order valence-electron chi connectivity index (χ3n) is 3.17. The van der Waals surface area contributed by atoms with Gasteiger partial charge in [-0.25, -0.2) is 0 Å². The van der Waals surface area contributed by atoms with E-state index in [1.807, 2.05) is 13.8 Å². The summed E-state index contributed by atoms with van der Waals surface area (Å²) >= 11 is 0. The highest BCUT2D eigenvalue weighted by Crippen LogP contribution is 2.21. The number of hydrogen-bond donors (Lipinski definition) is 2. The average molecular weight is 295 g/mol. The molecule has 1 aliphatic heterocycles. The number of likely N-dealkylation sites (N-methyl/N-ethyl adjacent to an activating group) is 1. The van der Waals surface area contributed by atoms with Crippen LogP contribution in [-0.2, 0) is 4.79 Å². The molecule has 2 heterocycles.